The van der Waals surface area contributed by atoms with E-state index >= 15 is 0 Å². The number of amides is 1. The van der Waals surface area contributed by atoms with Crippen molar-refractivity contribution in [2.24, 2.45) is 16.6 Å². The Morgan fingerprint density at radius 1 is 1.42 bits per heavy atom. The first-order valence-electron chi connectivity index (χ1n) is 8.06. The summed E-state index contributed by atoms with van der Waals surface area (Å²) in [7, 11) is 3.34. The van der Waals surface area contributed by atoms with Crippen LogP contribution in [-0.2, 0) is 4.79 Å². The molecule has 0 radical (unpaired) electrons. The van der Waals surface area contributed by atoms with Crippen LogP contribution >= 0.6 is 11.8 Å². The number of thioether (sulfide) groups is 1. The highest BCUT2D eigenvalue weighted by molar-refractivity contribution is 8.03. The Hall–Kier alpha value is -2.02. The lowest BCUT2D eigenvalue weighted by Gasteiger charge is -2.26. The zero-order valence-electron chi connectivity index (χ0n) is 13.7. The highest BCUT2D eigenvalue weighted by atomic mass is 32.2. The minimum Gasteiger partial charge on any atom is -0.495 e. The molecular formula is C17H20N4O2S. The number of ether oxygens (including phenoxy) is 1. The Balaban J connectivity index is 1.62. The van der Waals surface area contributed by atoms with Gasteiger partial charge in [0.25, 0.3) is 5.91 Å². The number of methoxy groups -OCH3 is 1. The lowest BCUT2D eigenvalue weighted by Crippen LogP contribution is -2.44. The zero-order chi connectivity index (χ0) is 16.9. The highest BCUT2D eigenvalue weighted by Gasteiger charge is 2.59. The molecule has 0 aromatic carbocycles. The highest BCUT2D eigenvalue weighted by Crippen LogP contribution is 2.57. The van der Waals surface area contributed by atoms with E-state index in [9.17, 15) is 4.79 Å². The van der Waals surface area contributed by atoms with E-state index in [0.717, 1.165) is 35.5 Å². The van der Waals surface area contributed by atoms with Crippen LogP contribution in [0, 0.1) is 5.92 Å². The maximum Gasteiger partial charge on any atom is 0.262 e. The lowest BCUT2D eigenvalue weighted by molar-refractivity contribution is -0.129. The summed E-state index contributed by atoms with van der Waals surface area (Å²) in [6.45, 7) is 0. The number of hydrogen-bond acceptors (Lipinski definition) is 6. The second-order valence-corrected chi connectivity index (χ2v) is 7.69. The molecular weight excluding hydrogens is 324 g/mol. The minimum absolute atomic E-state index is 0.00525. The van der Waals surface area contributed by atoms with E-state index in [1.807, 2.05) is 12.3 Å². The fourth-order valence-corrected chi connectivity index (χ4v) is 4.86. The second-order valence-electron chi connectivity index (χ2n) is 6.44. The van der Waals surface area contributed by atoms with Gasteiger partial charge in [-0.25, -0.2) is 4.99 Å². The van der Waals surface area contributed by atoms with Gasteiger partial charge < -0.3 is 10.5 Å². The van der Waals surface area contributed by atoms with Crippen molar-refractivity contribution in [3.63, 3.8) is 0 Å². The van der Waals surface area contributed by atoms with E-state index in [2.05, 4.69) is 16.1 Å². The average molecular weight is 344 g/mol. The molecule has 2 aliphatic heterocycles. The number of rotatable bonds is 4. The SMILES string of the molecule is COc1cncc(C2CC=C(C3(C4CC4)N=C(N)N(C)C3=O)S2)c1. The van der Waals surface area contributed by atoms with Gasteiger partial charge in [0.15, 0.2) is 11.5 Å². The fraction of sp³-hybridized carbons (Fsp3) is 0.471. The summed E-state index contributed by atoms with van der Waals surface area (Å²) in [6, 6.07) is 2.01. The third-order valence-electron chi connectivity index (χ3n) is 4.94. The molecule has 1 aliphatic carbocycles. The number of nitrogens with zero attached hydrogens (tertiary/aromatic N) is 3. The molecule has 24 heavy (non-hydrogen) atoms. The Morgan fingerprint density at radius 2 is 2.21 bits per heavy atom. The Kier molecular flexibility index (Phi) is 3.56. The van der Waals surface area contributed by atoms with Crippen molar-refractivity contribution in [3.05, 3.63) is 35.0 Å². The first kappa shape index (κ1) is 15.5. The second kappa shape index (κ2) is 5.51. The molecule has 2 N–H and O–H groups in total. The van der Waals surface area contributed by atoms with Gasteiger partial charge in [0.05, 0.1) is 13.3 Å². The summed E-state index contributed by atoms with van der Waals surface area (Å²) in [5, 5.41) is 0.230. The number of hydrogen-bond donors (Lipinski definition) is 1. The number of allylic oxidation sites excluding steroid dienone is 1. The van der Waals surface area contributed by atoms with E-state index in [1.165, 1.54) is 4.90 Å². The number of carbonyl (C=O) groups excluding carboxylic acids is 1. The van der Waals surface area contributed by atoms with Crippen LogP contribution in [-0.4, -0.2) is 41.4 Å². The van der Waals surface area contributed by atoms with Crippen molar-refractivity contribution < 1.29 is 9.53 Å². The number of aromatic nitrogens is 1. The van der Waals surface area contributed by atoms with E-state index in [0.29, 0.717) is 5.96 Å². The Morgan fingerprint density at radius 3 is 2.83 bits per heavy atom. The largest absolute Gasteiger partial charge is 0.495 e. The molecule has 0 spiro atoms. The lowest BCUT2D eigenvalue weighted by atomic mass is 9.92. The van der Waals surface area contributed by atoms with E-state index in [4.69, 9.17) is 10.5 Å². The molecule has 0 saturated heterocycles. The number of pyridine rings is 1. The van der Waals surface area contributed by atoms with Crippen LogP contribution in [0.5, 0.6) is 5.75 Å². The molecule has 2 atom stereocenters. The number of guanidine groups is 1. The molecule has 1 aromatic heterocycles. The summed E-state index contributed by atoms with van der Waals surface area (Å²) >= 11 is 1.71. The Labute approximate surface area is 145 Å². The molecule has 1 fully saturated rings. The molecule has 1 saturated carbocycles. The molecule has 0 bridgehead atoms. The summed E-state index contributed by atoms with van der Waals surface area (Å²) in [4.78, 5) is 24.3. The molecule has 126 valence electrons. The topological polar surface area (TPSA) is 80.8 Å². The summed E-state index contributed by atoms with van der Waals surface area (Å²) < 4.78 is 5.27. The molecule has 3 heterocycles. The molecule has 2 unspecified atom stereocenters. The van der Waals surface area contributed by atoms with Crippen LogP contribution in [0.15, 0.2) is 34.4 Å². The van der Waals surface area contributed by atoms with Gasteiger partial charge in [-0.3, -0.25) is 14.7 Å². The first-order chi connectivity index (χ1) is 11.6. The van der Waals surface area contributed by atoms with Crippen molar-refractivity contribution in [1.29, 1.82) is 0 Å². The van der Waals surface area contributed by atoms with Crippen LogP contribution in [0.4, 0.5) is 0 Å². The average Bonchev–Trinajstić information content (AvgIpc) is 3.29. The van der Waals surface area contributed by atoms with E-state index in [1.54, 1.807) is 32.1 Å². The standard InChI is InChI=1S/C17H20N4O2S/c1-21-15(22)17(11-3-4-11,20-16(21)18)14-6-5-13(24-14)10-7-12(23-2)9-19-8-10/h6-9,11,13H,3-5H2,1-2H3,(H2,18,20). The van der Waals surface area contributed by atoms with Gasteiger partial charge in [-0.15, -0.1) is 11.8 Å². The van der Waals surface area contributed by atoms with Crippen LogP contribution in [0.25, 0.3) is 0 Å². The smallest absolute Gasteiger partial charge is 0.262 e. The van der Waals surface area contributed by atoms with Gasteiger partial charge in [0, 0.05) is 23.4 Å². The van der Waals surface area contributed by atoms with Crippen molar-refractivity contribution in [3.8, 4) is 5.75 Å². The van der Waals surface area contributed by atoms with Crippen molar-refractivity contribution in [1.82, 2.24) is 9.88 Å². The van der Waals surface area contributed by atoms with Crippen molar-refractivity contribution in [2.75, 3.05) is 14.2 Å². The maximum absolute atomic E-state index is 12.9. The predicted octanol–water partition coefficient (Wildman–Crippen LogP) is 2.09. The molecule has 4 rings (SSSR count). The van der Waals surface area contributed by atoms with Gasteiger partial charge in [-0.05, 0) is 36.8 Å². The van der Waals surface area contributed by atoms with E-state index in [-0.39, 0.29) is 17.1 Å². The summed E-state index contributed by atoms with van der Waals surface area (Å²) in [5.74, 6) is 1.34. The fourth-order valence-electron chi connectivity index (χ4n) is 3.43. The number of aliphatic imine (C=N–C) groups is 1. The minimum atomic E-state index is -0.787. The molecule has 1 amide bonds. The monoisotopic (exact) mass is 344 g/mol. The summed E-state index contributed by atoms with van der Waals surface area (Å²) in [6.07, 6.45) is 8.63. The molecule has 6 nitrogen and oxygen atoms in total. The molecule has 7 heteroatoms. The van der Waals surface area contributed by atoms with E-state index < -0.39 is 5.54 Å². The van der Waals surface area contributed by atoms with Crippen LogP contribution < -0.4 is 10.5 Å². The third kappa shape index (κ3) is 2.22. The quantitative estimate of drug-likeness (QED) is 0.904. The predicted molar refractivity (Wildman–Crippen MR) is 93.7 cm³/mol. The normalized spacial score (nSPS) is 29.7. The summed E-state index contributed by atoms with van der Waals surface area (Å²) in [5.41, 5.74) is 6.27. The maximum atomic E-state index is 12.9. The number of carbonyl (C=O) groups is 1. The van der Waals surface area contributed by atoms with Gasteiger partial charge in [-0.2, -0.15) is 0 Å². The first-order valence-corrected chi connectivity index (χ1v) is 8.94. The van der Waals surface area contributed by atoms with Gasteiger partial charge in [-0.1, -0.05) is 6.08 Å². The zero-order valence-corrected chi connectivity index (χ0v) is 14.5. The van der Waals surface area contributed by atoms with Gasteiger partial charge in [0.2, 0.25) is 0 Å². The molecule has 1 aromatic rings. The number of nitrogens with two attached hydrogens (primary N) is 1. The molecule has 3 aliphatic rings. The van der Waals surface area contributed by atoms with Crippen molar-refractivity contribution >= 4 is 23.6 Å². The van der Waals surface area contributed by atoms with Crippen molar-refractivity contribution in [2.45, 2.75) is 30.1 Å². The van der Waals surface area contributed by atoms with Gasteiger partial charge >= 0.3 is 0 Å². The van der Waals surface area contributed by atoms with Crippen LogP contribution in [0.3, 0.4) is 0 Å². The number of likely N-dealkylation sites (N-methyl/N-ethyl adjacent to an activating group) is 1. The Bertz CT molecular complexity index is 759. The van der Waals surface area contributed by atoms with Gasteiger partial charge in [0.1, 0.15) is 5.75 Å². The van der Waals surface area contributed by atoms with Crippen LogP contribution in [0.1, 0.15) is 30.1 Å². The third-order valence-corrected chi connectivity index (χ3v) is 6.42. The van der Waals surface area contributed by atoms with Crippen LogP contribution in [0.2, 0.25) is 0 Å².